The van der Waals surface area contributed by atoms with Crippen molar-refractivity contribution in [2.45, 2.75) is 50.2 Å². The fraction of sp³-hybridized carbons (Fsp3) is 0.833. The molecule has 0 aromatic heterocycles. The molecular formula is C12H19NO4. The van der Waals surface area contributed by atoms with Crippen LogP contribution in [0.2, 0.25) is 0 Å². The molecule has 5 nitrogen and oxygen atoms in total. The summed E-state index contributed by atoms with van der Waals surface area (Å²) in [4.78, 5) is 24.9. The fourth-order valence-electron chi connectivity index (χ4n) is 2.78. The van der Waals surface area contributed by atoms with Gasteiger partial charge in [-0.25, -0.2) is 0 Å². The van der Waals surface area contributed by atoms with Crippen molar-refractivity contribution in [3.05, 3.63) is 0 Å². The summed E-state index contributed by atoms with van der Waals surface area (Å²) in [6, 6.07) is -0.146. The maximum Gasteiger partial charge on any atom is 0.305 e. The maximum atomic E-state index is 12.4. The predicted molar refractivity (Wildman–Crippen MR) is 60.6 cm³/mol. The molecule has 1 unspecified atom stereocenters. The van der Waals surface area contributed by atoms with Crippen molar-refractivity contribution in [3.63, 3.8) is 0 Å². The lowest BCUT2D eigenvalue weighted by atomic mass is 9.78. The van der Waals surface area contributed by atoms with Gasteiger partial charge in [-0.05, 0) is 32.1 Å². The van der Waals surface area contributed by atoms with Gasteiger partial charge in [0, 0.05) is 19.7 Å². The molecule has 1 aliphatic carbocycles. The van der Waals surface area contributed by atoms with Crippen LogP contribution in [0.25, 0.3) is 0 Å². The van der Waals surface area contributed by atoms with Crippen LogP contribution in [0.5, 0.6) is 0 Å². The van der Waals surface area contributed by atoms with Crippen LogP contribution in [0.1, 0.15) is 38.5 Å². The Morgan fingerprint density at radius 1 is 1.41 bits per heavy atom. The molecule has 0 spiro atoms. The summed E-state index contributed by atoms with van der Waals surface area (Å²) in [7, 11) is 1.57. The lowest BCUT2D eigenvalue weighted by Gasteiger charge is -2.42. The molecule has 0 aromatic carbocycles. The molecule has 0 bridgehead atoms. The van der Waals surface area contributed by atoms with Gasteiger partial charge in [-0.3, -0.25) is 9.59 Å². The van der Waals surface area contributed by atoms with Gasteiger partial charge < -0.3 is 14.7 Å². The van der Waals surface area contributed by atoms with Crippen LogP contribution < -0.4 is 0 Å². The SMILES string of the molecule is COC1(C(=O)N2CCCC2CC(=O)O)CCC1. The van der Waals surface area contributed by atoms with E-state index in [2.05, 4.69) is 0 Å². The molecular weight excluding hydrogens is 222 g/mol. The number of carbonyl (C=O) groups excluding carboxylic acids is 1. The van der Waals surface area contributed by atoms with Gasteiger partial charge in [0.1, 0.15) is 5.60 Å². The molecule has 1 aliphatic heterocycles. The summed E-state index contributed by atoms with van der Waals surface area (Å²) in [5.74, 6) is -0.843. The standard InChI is InChI=1S/C12H19NO4/c1-17-12(5-3-6-12)11(16)13-7-2-4-9(13)8-10(14)15/h9H,2-8H2,1H3,(H,14,15). The highest BCUT2D eigenvalue weighted by Gasteiger charge is 2.48. The van der Waals surface area contributed by atoms with E-state index in [0.717, 1.165) is 32.1 Å². The Morgan fingerprint density at radius 3 is 2.59 bits per heavy atom. The summed E-state index contributed by atoms with van der Waals surface area (Å²) in [5, 5.41) is 8.84. The average molecular weight is 241 g/mol. The van der Waals surface area contributed by atoms with Crippen molar-refractivity contribution >= 4 is 11.9 Å². The molecule has 1 saturated heterocycles. The minimum Gasteiger partial charge on any atom is -0.481 e. The fourth-order valence-corrected chi connectivity index (χ4v) is 2.78. The molecule has 2 aliphatic rings. The number of ether oxygens (including phenoxy) is 1. The predicted octanol–water partition coefficient (Wildman–Crippen LogP) is 1.02. The van der Waals surface area contributed by atoms with Crippen molar-refractivity contribution < 1.29 is 19.4 Å². The second-order valence-corrected chi connectivity index (χ2v) is 4.94. The normalized spacial score (nSPS) is 26.6. The van der Waals surface area contributed by atoms with Gasteiger partial charge in [-0.15, -0.1) is 0 Å². The van der Waals surface area contributed by atoms with Crippen LogP contribution in [-0.4, -0.2) is 47.2 Å². The molecule has 0 radical (unpaired) electrons. The first kappa shape index (κ1) is 12.4. The summed E-state index contributed by atoms with van der Waals surface area (Å²) in [6.45, 7) is 0.669. The first-order valence-corrected chi connectivity index (χ1v) is 6.17. The Bertz CT molecular complexity index is 319. The highest BCUT2D eigenvalue weighted by Crippen LogP contribution is 2.38. The Hall–Kier alpha value is -1.10. The van der Waals surface area contributed by atoms with Crippen LogP contribution in [0.3, 0.4) is 0 Å². The number of carbonyl (C=O) groups is 2. The molecule has 1 amide bonds. The second-order valence-electron chi connectivity index (χ2n) is 4.94. The zero-order valence-electron chi connectivity index (χ0n) is 10.1. The Kier molecular flexibility index (Phi) is 3.38. The molecule has 2 fully saturated rings. The van der Waals surface area contributed by atoms with E-state index in [1.165, 1.54) is 0 Å². The van der Waals surface area contributed by atoms with Crippen LogP contribution in [0, 0.1) is 0 Å². The molecule has 1 atom stereocenters. The number of nitrogens with zero attached hydrogens (tertiary/aromatic N) is 1. The Morgan fingerprint density at radius 2 is 2.12 bits per heavy atom. The molecule has 1 N–H and O–H groups in total. The van der Waals surface area contributed by atoms with Crippen LogP contribution in [0.15, 0.2) is 0 Å². The van der Waals surface area contributed by atoms with Crippen molar-refractivity contribution in [2.24, 2.45) is 0 Å². The Labute approximate surface area is 101 Å². The van der Waals surface area contributed by atoms with Crippen LogP contribution in [0.4, 0.5) is 0 Å². The maximum absolute atomic E-state index is 12.4. The zero-order valence-corrected chi connectivity index (χ0v) is 10.1. The van der Waals surface area contributed by atoms with Crippen molar-refractivity contribution in [3.8, 4) is 0 Å². The number of hydrogen-bond acceptors (Lipinski definition) is 3. The first-order valence-electron chi connectivity index (χ1n) is 6.17. The Balaban J connectivity index is 2.05. The number of hydrogen-bond donors (Lipinski definition) is 1. The number of methoxy groups -OCH3 is 1. The molecule has 2 rings (SSSR count). The smallest absolute Gasteiger partial charge is 0.305 e. The molecule has 1 saturated carbocycles. The first-order chi connectivity index (χ1) is 8.09. The third-order valence-corrected chi connectivity index (χ3v) is 3.99. The van der Waals surface area contributed by atoms with E-state index >= 15 is 0 Å². The van der Waals surface area contributed by atoms with Gasteiger partial charge in [-0.2, -0.15) is 0 Å². The van der Waals surface area contributed by atoms with E-state index in [-0.39, 0.29) is 18.4 Å². The second kappa shape index (κ2) is 4.64. The number of amides is 1. The van der Waals surface area contributed by atoms with E-state index in [1.807, 2.05) is 0 Å². The molecule has 96 valence electrons. The van der Waals surface area contributed by atoms with Gasteiger partial charge in [0.15, 0.2) is 0 Å². The topological polar surface area (TPSA) is 66.8 Å². The van der Waals surface area contributed by atoms with E-state index in [4.69, 9.17) is 9.84 Å². The van der Waals surface area contributed by atoms with Crippen molar-refractivity contribution in [2.75, 3.05) is 13.7 Å². The third kappa shape index (κ3) is 2.16. The van der Waals surface area contributed by atoms with E-state index in [0.29, 0.717) is 6.54 Å². The average Bonchev–Trinajstić information content (AvgIpc) is 2.63. The van der Waals surface area contributed by atoms with Gasteiger partial charge in [0.2, 0.25) is 0 Å². The van der Waals surface area contributed by atoms with E-state index < -0.39 is 11.6 Å². The van der Waals surface area contributed by atoms with Crippen LogP contribution in [-0.2, 0) is 14.3 Å². The summed E-state index contributed by atoms with van der Waals surface area (Å²) in [6.07, 6.45) is 4.26. The van der Waals surface area contributed by atoms with Gasteiger partial charge in [0.05, 0.1) is 6.42 Å². The highest BCUT2D eigenvalue weighted by atomic mass is 16.5. The lowest BCUT2D eigenvalue weighted by Crippen LogP contribution is -2.55. The van der Waals surface area contributed by atoms with E-state index in [1.54, 1.807) is 12.0 Å². The molecule has 0 aromatic rings. The highest BCUT2D eigenvalue weighted by molar-refractivity contribution is 5.87. The third-order valence-electron chi connectivity index (χ3n) is 3.99. The molecule has 17 heavy (non-hydrogen) atoms. The summed E-state index contributed by atoms with van der Waals surface area (Å²) in [5.41, 5.74) is -0.652. The molecule has 1 heterocycles. The lowest BCUT2D eigenvalue weighted by molar-refractivity contribution is -0.167. The largest absolute Gasteiger partial charge is 0.481 e. The van der Waals surface area contributed by atoms with E-state index in [9.17, 15) is 9.59 Å². The minimum atomic E-state index is -0.838. The number of likely N-dealkylation sites (tertiary alicyclic amines) is 1. The summed E-state index contributed by atoms with van der Waals surface area (Å²) >= 11 is 0. The van der Waals surface area contributed by atoms with Gasteiger partial charge in [-0.1, -0.05) is 0 Å². The molecule has 5 heteroatoms. The van der Waals surface area contributed by atoms with Gasteiger partial charge in [0.25, 0.3) is 5.91 Å². The zero-order chi connectivity index (χ0) is 12.5. The summed E-state index contributed by atoms with van der Waals surface area (Å²) < 4.78 is 5.36. The number of rotatable bonds is 4. The number of carboxylic acids is 1. The number of aliphatic carboxylic acids is 1. The number of carboxylic acid groups (broad SMARTS) is 1. The van der Waals surface area contributed by atoms with Crippen molar-refractivity contribution in [1.82, 2.24) is 4.90 Å². The van der Waals surface area contributed by atoms with Gasteiger partial charge >= 0.3 is 5.97 Å². The van der Waals surface area contributed by atoms with Crippen molar-refractivity contribution in [1.29, 1.82) is 0 Å². The quantitative estimate of drug-likeness (QED) is 0.798. The monoisotopic (exact) mass is 241 g/mol. The minimum absolute atomic E-state index is 0.00463. The van der Waals surface area contributed by atoms with Crippen LogP contribution >= 0.6 is 0 Å².